The molecular weight excluding hydrogens is 269 g/mol. The zero-order chi connectivity index (χ0) is 14.8. The van der Waals surface area contributed by atoms with Crippen LogP contribution in [-0.4, -0.2) is 11.9 Å². The second kappa shape index (κ2) is 5.02. The van der Waals surface area contributed by atoms with E-state index in [1.165, 1.54) is 12.2 Å². The number of allylic oxidation sites excluding steroid dienone is 2. The maximum absolute atomic E-state index is 12.4. The van der Waals surface area contributed by atoms with E-state index < -0.39 is 23.6 Å². The molecule has 0 bridgehead atoms. The van der Waals surface area contributed by atoms with E-state index in [9.17, 15) is 13.2 Å². The average molecular weight is 280 g/mol. The van der Waals surface area contributed by atoms with Crippen LogP contribution in [0, 0.1) is 11.3 Å². The zero-order valence-corrected chi connectivity index (χ0v) is 10.3. The smallest absolute Gasteiger partial charge is 0.407 e. The molecule has 6 heteroatoms. The molecule has 1 aliphatic carbocycles. The van der Waals surface area contributed by atoms with Gasteiger partial charge in [-0.2, -0.15) is 5.26 Å². The lowest BCUT2D eigenvalue weighted by Crippen LogP contribution is -2.42. The summed E-state index contributed by atoms with van der Waals surface area (Å²) in [5.74, 6) is -1.03. The molecule has 1 aliphatic rings. The third-order valence-electron chi connectivity index (χ3n) is 2.90. The number of alkyl halides is 3. The minimum absolute atomic E-state index is 0.418. The standard InChI is InChI=1S/C14H11F3N2O/c15-14(16,17)20-12-8-11(6-7-13(12,19)9-18)10-4-2-1-3-5-10/h1-8,11H,19H2. The second-order valence-electron chi connectivity index (χ2n) is 4.36. The number of halogens is 3. The lowest BCUT2D eigenvalue weighted by Gasteiger charge is -2.27. The monoisotopic (exact) mass is 280 g/mol. The predicted octanol–water partition coefficient (Wildman–Crippen LogP) is 2.98. The van der Waals surface area contributed by atoms with E-state index in [1.807, 2.05) is 0 Å². The van der Waals surface area contributed by atoms with Gasteiger partial charge in [0.25, 0.3) is 0 Å². The van der Waals surface area contributed by atoms with Crippen LogP contribution in [0.25, 0.3) is 0 Å². The van der Waals surface area contributed by atoms with Gasteiger partial charge in [-0.05, 0) is 17.7 Å². The summed E-state index contributed by atoms with van der Waals surface area (Å²) in [4.78, 5) is 0. The summed E-state index contributed by atoms with van der Waals surface area (Å²) in [6, 6.07) is 10.5. The number of hydrogen-bond donors (Lipinski definition) is 1. The number of nitrogens with two attached hydrogens (primary N) is 1. The molecule has 0 amide bonds. The first-order valence-electron chi connectivity index (χ1n) is 5.76. The van der Waals surface area contributed by atoms with Crippen molar-refractivity contribution in [2.24, 2.45) is 5.73 Å². The minimum Gasteiger partial charge on any atom is -0.407 e. The fourth-order valence-electron chi connectivity index (χ4n) is 1.91. The van der Waals surface area contributed by atoms with E-state index in [-0.39, 0.29) is 0 Å². The fourth-order valence-corrected chi connectivity index (χ4v) is 1.91. The third kappa shape index (κ3) is 3.00. The number of hydrogen-bond acceptors (Lipinski definition) is 3. The molecule has 2 unspecified atom stereocenters. The summed E-state index contributed by atoms with van der Waals surface area (Å²) in [5, 5.41) is 8.96. The number of ether oxygens (including phenoxy) is 1. The summed E-state index contributed by atoms with van der Waals surface area (Å²) in [7, 11) is 0. The van der Waals surface area contributed by atoms with Gasteiger partial charge in [0.2, 0.25) is 0 Å². The van der Waals surface area contributed by atoms with Gasteiger partial charge in [-0.15, -0.1) is 13.2 Å². The third-order valence-corrected chi connectivity index (χ3v) is 2.90. The highest BCUT2D eigenvalue weighted by atomic mass is 19.4. The highest BCUT2D eigenvalue weighted by Gasteiger charge is 2.41. The Balaban J connectivity index is 2.37. The van der Waals surface area contributed by atoms with Crippen LogP contribution in [0.1, 0.15) is 11.5 Å². The molecule has 0 radical (unpaired) electrons. The van der Waals surface area contributed by atoms with Gasteiger partial charge in [0.1, 0.15) is 5.76 Å². The molecule has 2 N–H and O–H groups in total. The molecule has 0 saturated carbocycles. The largest absolute Gasteiger partial charge is 0.572 e. The fraction of sp³-hybridized carbons (Fsp3) is 0.214. The van der Waals surface area contributed by atoms with Crippen LogP contribution in [0.3, 0.4) is 0 Å². The summed E-state index contributed by atoms with van der Waals surface area (Å²) < 4.78 is 41.1. The van der Waals surface area contributed by atoms with Crippen molar-refractivity contribution < 1.29 is 17.9 Å². The molecule has 1 aromatic rings. The first-order chi connectivity index (χ1) is 9.34. The lowest BCUT2D eigenvalue weighted by atomic mass is 9.86. The molecule has 0 aromatic heterocycles. The zero-order valence-electron chi connectivity index (χ0n) is 10.3. The summed E-state index contributed by atoms with van der Waals surface area (Å²) >= 11 is 0. The number of nitrogens with zero attached hydrogens (tertiary/aromatic N) is 1. The Morgan fingerprint density at radius 3 is 2.45 bits per heavy atom. The molecule has 104 valence electrons. The van der Waals surface area contributed by atoms with E-state index in [0.717, 1.165) is 5.56 Å². The molecule has 0 heterocycles. The van der Waals surface area contributed by atoms with Gasteiger partial charge in [0, 0.05) is 5.92 Å². The van der Waals surface area contributed by atoms with Crippen LogP contribution >= 0.6 is 0 Å². The van der Waals surface area contributed by atoms with E-state index in [1.54, 1.807) is 42.5 Å². The molecule has 0 fully saturated rings. The van der Waals surface area contributed by atoms with Crippen LogP contribution in [0.5, 0.6) is 0 Å². The van der Waals surface area contributed by atoms with Crippen LogP contribution in [0.15, 0.2) is 54.3 Å². The Hall–Kier alpha value is -2.26. The van der Waals surface area contributed by atoms with E-state index in [2.05, 4.69) is 4.74 Å². The highest BCUT2D eigenvalue weighted by molar-refractivity contribution is 5.43. The van der Waals surface area contributed by atoms with Crippen molar-refractivity contribution in [2.45, 2.75) is 17.8 Å². The SMILES string of the molecule is N#CC1(N)C=CC(c2ccccc2)C=C1OC(F)(F)F. The van der Waals surface area contributed by atoms with Gasteiger partial charge in [0.05, 0.1) is 6.07 Å². The average Bonchev–Trinajstić information content (AvgIpc) is 2.41. The van der Waals surface area contributed by atoms with Crippen molar-refractivity contribution in [3.05, 3.63) is 59.9 Å². The van der Waals surface area contributed by atoms with E-state index >= 15 is 0 Å². The molecule has 0 spiro atoms. The second-order valence-corrected chi connectivity index (χ2v) is 4.36. The first kappa shape index (κ1) is 14.2. The Morgan fingerprint density at radius 2 is 1.90 bits per heavy atom. The first-order valence-corrected chi connectivity index (χ1v) is 5.76. The van der Waals surface area contributed by atoms with Gasteiger partial charge >= 0.3 is 6.36 Å². The Kier molecular flexibility index (Phi) is 3.55. The number of benzene rings is 1. The van der Waals surface area contributed by atoms with Gasteiger partial charge in [-0.25, -0.2) is 0 Å². The molecule has 1 aromatic carbocycles. The van der Waals surface area contributed by atoms with Crippen molar-refractivity contribution in [1.82, 2.24) is 0 Å². The van der Waals surface area contributed by atoms with Crippen LogP contribution < -0.4 is 5.73 Å². The maximum atomic E-state index is 12.4. The van der Waals surface area contributed by atoms with Gasteiger partial charge in [-0.1, -0.05) is 36.4 Å². The number of nitriles is 1. The maximum Gasteiger partial charge on any atom is 0.572 e. The number of rotatable bonds is 2. The highest BCUT2D eigenvalue weighted by Crippen LogP contribution is 2.34. The van der Waals surface area contributed by atoms with Crippen molar-refractivity contribution in [2.75, 3.05) is 0 Å². The molecule has 20 heavy (non-hydrogen) atoms. The summed E-state index contributed by atoms with van der Waals surface area (Å²) in [5.41, 5.74) is 4.49. The van der Waals surface area contributed by atoms with E-state index in [0.29, 0.717) is 0 Å². The topological polar surface area (TPSA) is 59.0 Å². The van der Waals surface area contributed by atoms with Gasteiger partial charge in [-0.3, -0.25) is 0 Å². The normalized spacial score (nSPS) is 25.8. The van der Waals surface area contributed by atoms with Crippen LogP contribution in [-0.2, 0) is 4.74 Å². The molecular formula is C14H11F3N2O. The Bertz CT molecular complexity index is 587. The summed E-state index contributed by atoms with van der Waals surface area (Å²) in [6.45, 7) is 0. The van der Waals surface area contributed by atoms with E-state index in [4.69, 9.17) is 11.0 Å². The Morgan fingerprint density at radius 1 is 1.25 bits per heavy atom. The van der Waals surface area contributed by atoms with Crippen molar-refractivity contribution in [1.29, 1.82) is 5.26 Å². The van der Waals surface area contributed by atoms with Crippen molar-refractivity contribution in [3.8, 4) is 6.07 Å². The van der Waals surface area contributed by atoms with Crippen molar-refractivity contribution in [3.63, 3.8) is 0 Å². The molecule has 3 nitrogen and oxygen atoms in total. The summed E-state index contributed by atoms with van der Waals surface area (Å²) in [6.07, 6.45) is -0.862. The quantitative estimate of drug-likeness (QED) is 0.847. The molecule has 0 aliphatic heterocycles. The van der Waals surface area contributed by atoms with Crippen LogP contribution in [0.2, 0.25) is 0 Å². The lowest BCUT2D eigenvalue weighted by molar-refractivity contribution is -0.308. The minimum atomic E-state index is -4.89. The van der Waals surface area contributed by atoms with Crippen LogP contribution in [0.4, 0.5) is 13.2 Å². The van der Waals surface area contributed by atoms with Crippen molar-refractivity contribution >= 4 is 0 Å². The van der Waals surface area contributed by atoms with Gasteiger partial charge in [0.15, 0.2) is 5.54 Å². The molecule has 2 rings (SSSR count). The molecule has 2 atom stereocenters. The predicted molar refractivity (Wildman–Crippen MR) is 66.1 cm³/mol. The Labute approximate surface area is 113 Å². The van der Waals surface area contributed by atoms with Gasteiger partial charge < -0.3 is 10.5 Å². The molecule has 0 saturated heterocycles.